The number of rotatable bonds is 0. The molecule has 1 heterocycles. The maximum absolute atomic E-state index is 12.5. The minimum absolute atomic E-state index is 0.0718. The molecule has 0 bridgehead atoms. The fourth-order valence-electron chi connectivity index (χ4n) is 1.24. The minimum atomic E-state index is -4.36. The number of H-pyrrole nitrogens is 1. The molecule has 0 aliphatic heterocycles. The number of aromatic nitrogens is 2. The number of nitrogens with one attached hydrogen (secondary N) is 1. The average Bonchev–Trinajstić information content (AvgIpc) is 2.27. The van der Waals surface area contributed by atoms with Crippen LogP contribution in [-0.4, -0.2) is 9.97 Å². The fourth-order valence-corrected chi connectivity index (χ4v) is 1.24. The Balaban J connectivity index is 3.31. The van der Waals surface area contributed by atoms with E-state index in [4.69, 9.17) is 0 Å². The predicted molar refractivity (Wildman–Crippen MR) is 47.0 cm³/mol. The largest absolute Gasteiger partial charge is 0.433 e. The van der Waals surface area contributed by atoms with Crippen LogP contribution in [0.2, 0.25) is 0 Å². The van der Waals surface area contributed by atoms with E-state index in [0.29, 0.717) is 5.82 Å². The third kappa shape index (κ3) is 2.08. The molecule has 0 saturated carbocycles. The Morgan fingerprint density at radius 2 is 1.64 bits per heavy atom. The number of hydrogen-bond acceptors (Lipinski definition) is 1. The minimum Gasteiger partial charge on any atom is -0.338 e. The zero-order valence-electron chi connectivity index (χ0n) is 8.58. The lowest BCUT2D eigenvalue weighted by Gasteiger charge is -2.18. The van der Waals surface area contributed by atoms with E-state index in [-0.39, 0.29) is 5.69 Å². The van der Waals surface area contributed by atoms with E-state index in [1.165, 1.54) is 6.92 Å². The molecule has 14 heavy (non-hydrogen) atoms. The van der Waals surface area contributed by atoms with Gasteiger partial charge in [0.05, 0.1) is 5.69 Å². The Hall–Kier alpha value is -1.00. The molecule has 0 aliphatic rings. The summed E-state index contributed by atoms with van der Waals surface area (Å²) in [6, 6.07) is 0. The summed E-state index contributed by atoms with van der Waals surface area (Å²) >= 11 is 0. The van der Waals surface area contributed by atoms with Crippen LogP contribution < -0.4 is 0 Å². The third-order valence-corrected chi connectivity index (χ3v) is 1.82. The highest BCUT2D eigenvalue weighted by atomic mass is 19.4. The number of alkyl halides is 3. The van der Waals surface area contributed by atoms with Crippen molar-refractivity contribution in [2.45, 2.75) is 39.3 Å². The summed E-state index contributed by atoms with van der Waals surface area (Å²) in [5.74, 6) is 0.294. The number of imidazole rings is 1. The maximum Gasteiger partial charge on any atom is 0.433 e. The van der Waals surface area contributed by atoms with Crippen LogP contribution in [0, 0.1) is 6.92 Å². The van der Waals surface area contributed by atoms with Crippen molar-refractivity contribution in [3.05, 3.63) is 17.2 Å². The quantitative estimate of drug-likeness (QED) is 0.694. The Morgan fingerprint density at radius 1 is 1.14 bits per heavy atom. The normalized spacial score (nSPS) is 13.4. The van der Waals surface area contributed by atoms with Gasteiger partial charge in [0.2, 0.25) is 0 Å². The lowest BCUT2D eigenvalue weighted by atomic mass is 9.90. The van der Waals surface area contributed by atoms with Crippen molar-refractivity contribution in [1.29, 1.82) is 0 Å². The van der Waals surface area contributed by atoms with Gasteiger partial charge in [-0.15, -0.1) is 0 Å². The number of aromatic amines is 1. The molecule has 0 unspecified atom stereocenters. The highest BCUT2D eigenvalue weighted by Crippen LogP contribution is 2.35. The van der Waals surface area contributed by atoms with Crippen molar-refractivity contribution in [3.63, 3.8) is 0 Å². The summed E-state index contributed by atoms with van der Waals surface area (Å²) in [4.78, 5) is 6.13. The first-order valence-electron chi connectivity index (χ1n) is 4.26. The molecule has 0 aromatic carbocycles. The highest BCUT2D eigenvalue weighted by molar-refractivity contribution is 5.24. The van der Waals surface area contributed by atoms with Gasteiger partial charge in [0.25, 0.3) is 0 Å². The summed E-state index contributed by atoms with van der Waals surface area (Å²) in [7, 11) is 0. The van der Waals surface area contributed by atoms with E-state index in [2.05, 4.69) is 9.97 Å². The van der Waals surface area contributed by atoms with Crippen molar-refractivity contribution < 1.29 is 13.2 Å². The first-order chi connectivity index (χ1) is 6.12. The van der Waals surface area contributed by atoms with Gasteiger partial charge in [-0.25, -0.2) is 4.98 Å². The number of nitrogens with zero attached hydrogens (tertiary/aromatic N) is 1. The van der Waals surface area contributed by atoms with E-state index in [0.717, 1.165) is 0 Å². The molecule has 80 valence electrons. The predicted octanol–water partition coefficient (Wildman–Crippen LogP) is 3.03. The van der Waals surface area contributed by atoms with Crippen LogP contribution in [0.3, 0.4) is 0 Å². The van der Waals surface area contributed by atoms with Gasteiger partial charge in [0.15, 0.2) is 0 Å². The molecule has 0 atom stereocenters. The molecule has 0 amide bonds. The molecule has 1 aromatic heterocycles. The van der Waals surface area contributed by atoms with E-state index >= 15 is 0 Å². The molecule has 5 heteroatoms. The van der Waals surface area contributed by atoms with Gasteiger partial charge in [0.1, 0.15) is 11.5 Å². The van der Waals surface area contributed by atoms with Gasteiger partial charge in [-0.2, -0.15) is 13.2 Å². The molecule has 0 spiro atoms. The lowest BCUT2D eigenvalue weighted by molar-refractivity contribution is -0.142. The number of hydrogen-bond donors (Lipinski definition) is 1. The molecule has 1 N–H and O–H groups in total. The molecule has 0 radical (unpaired) electrons. The summed E-state index contributed by atoms with van der Waals surface area (Å²) in [5, 5.41) is 0. The van der Waals surface area contributed by atoms with Gasteiger partial charge in [-0.1, -0.05) is 20.8 Å². The second-order valence-corrected chi connectivity index (χ2v) is 4.29. The van der Waals surface area contributed by atoms with Gasteiger partial charge in [-0.05, 0) is 6.92 Å². The Bertz CT molecular complexity index is 299. The summed E-state index contributed by atoms with van der Waals surface area (Å²) in [6.45, 7) is 6.64. The zero-order chi connectivity index (χ0) is 11.1. The van der Waals surface area contributed by atoms with Gasteiger partial charge >= 0.3 is 6.18 Å². The van der Waals surface area contributed by atoms with Crippen LogP contribution in [-0.2, 0) is 11.6 Å². The van der Waals surface area contributed by atoms with E-state index in [1.807, 2.05) is 0 Å². The Kier molecular flexibility index (Phi) is 2.37. The fraction of sp³-hybridized carbons (Fsp3) is 0.667. The number of aryl methyl sites for hydroxylation is 1. The summed E-state index contributed by atoms with van der Waals surface area (Å²) in [6.07, 6.45) is -4.36. The summed E-state index contributed by atoms with van der Waals surface area (Å²) in [5.41, 5.74) is -1.26. The molecular weight excluding hydrogens is 193 g/mol. The lowest BCUT2D eigenvalue weighted by Crippen LogP contribution is -2.19. The smallest absolute Gasteiger partial charge is 0.338 e. The van der Waals surface area contributed by atoms with Gasteiger partial charge in [0, 0.05) is 5.41 Å². The van der Waals surface area contributed by atoms with Crippen LogP contribution in [0.25, 0.3) is 0 Å². The van der Waals surface area contributed by atoms with E-state index in [9.17, 15) is 13.2 Å². The van der Waals surface area contributed by atoms with Crippen LogP contribution >= 0.6 is 0 Å². The van der Waals surface area contributed by atoms with E-state index in [1.54, 1.807) is 20.8 Å². The number of halogens is 3. The molecular formula is C9H13F3N2. The second-order valence-electron chi connectivity index (χ2n) is 4.29. The van der Waals surface area contributed by atoms with Crippen molar-refractivity contribution in [1.82, 2.24) is 9.97 Å². The van der Waals surface area contributed by atoms with Crippen LogP contribution in [0.5, 0.6) is 0 Å². The van der Waals surface area contributed by atoms with E-state index < -0.39 is 17.3 Å². The third-order valence-electron chi connectivity index (χ3n) is 1.82. The summed E-state index contributed by atoms with van der Waals surface area (Å²) < 4.78 is 37.6. The topological polar surface area (TPSA) is 28.7 Å². The van der Waals surface area contributed by atoms with Gasteiger partial charge in [-0.3, -0.25) is 0 Å². The van der Waals surface area contributed by atoms with Gasteiger partial charge < -0.3 is 4.98 Å². The first kappa shape index (κ1) is 11.1. The molecule has 0 aliphatic carbocycles. The highest BCUT2D eigenvalue weighted by Gasteiger charge is 2.39. The molecule has 0 saturated heterocycles. The maximum atomic E-state index is 12.5. The molecule has 1 aromatic rings. The van der Waals surface area contributed by atoms with Crippen LogP contribution in [0.15, 0.2) is 0 Å². The molecule has 0 fully saturated rings. The van der Waals surface area contributed by atoms with Crippen LogP contribution in [0.1, 0.15) is 38.0 Å². The Labute approximate surface area is 80.5 Å². The molecule has 2 nitrogen and oxygen atoms in total. The first-order valence-corrected chi connectivity index (χ1v) is 4.26. The standard InChI is InChI=1S/C9H13F3N2/c1-5-13-6(8(2,3)4)7(14-5)9(10,11)12/h1-4H3,(H,13,14). The van der Waals surface area contributed by atoms with Crippen molar-refractivity contribution in [2.75, 3.05) is 0 Å². The molecule has 1 rings (SSSR count). The van der Waals surface area contributed by atoms with Crippen molar-refractivity contribution in [3.8, 4) is 0 Å². The van der Waals surface area contributed by atoms with Crippen molar-refractivity contribution in [2.24, 2.45) is 0 Å². The SMILES string of the molecule is Cc1nc(C(C)(C)C)c(C(F)(F)F)[nH]1. The van der Waals surface area contributed by atoms with Crippen molar-refractivity contribution >= 4 is 0 Å². The Morgan fingerprint density at radius 3 is 1.93 bits per heavy atom. The average molecular weight is 206 g/mol. The second kappa shape index (κ2) is 3.00. The monoisotopic (exact) mass is 206 g/mol. The zero-order valence-corrected chi connectivity index (χ0v) is 8.58. The van der Waals surface area contributed by atoms with Crippen LogP contribution in [0.4, 0.5) is 13.2 Å².